The smallest absolute Gasteiger partial charge is 0.320 e. The first-order chi connectivity index (χ1) is 18.0. The number of nitro groups is 1. The number of hydrogen-bond acceptors (Lipinski definition) is 11. The second-order valence-electron chi connectivity index (χ2n) is 7.61. The number of anilines is 2. The molecule has 13 heteroatoms. The number of hydrogen-bond donors (Lipinski definition) is 2. The van der Waals surface area contributed by atoms with Crippen molar-refractivity contribution in [3.63, 3.8) is 0 Å². The van der Waals surface area contributed by atoms with Gasteiger partial charge in [-0.05, 0) is 18.1 Å². The SMILES string of the molecule is C#C/C(OC1CCOC1)=C(\C=C1/CN=CC(C#N)=C1Nc1cnc(NC(=O)c2ccco2)nc1)[N+](=O)[O-]. The zero-order valence-electron chi connectivity index (χ0n) is 19.2. The molecule has 2 aromatic heterocycles. The van der Waals surface area contributed by atoms with Crippen molar-refractivity contribution in [2.45, 2.75) is 12.5 Å². The number of ether oxygens (including phenoxy) is 2. The minimum absolute atomic E-state index is 0.0210. The van der Waals surface area contributed by atoms with Gasteiger partial charge in [-0.15, -0.1) is 6.42 Å². The molecule has 0 spiro atoms. The van der Waals surface area contributed by atoms with Gasteiger partial charge in [0.15, 0.2) is 5.76 Å². The Bertz CT molecular complexity index is 1390. The van der Waals surface area contributed by atoms with Crippen LogP contribution >= 0.6 is 0 Å². The fourth-order valence-corrected chi connectivity index (χ4v) is 3.38. The van der Waals surface area contributed by atoms with Crippen molar-refractivity contribution < 1.29 is 23.6 Å². The molecular weight excluding hydrogens is 482 g/mol. The molecule has 37 heavy (non-hydrogen) atoms. The van der Waals surface area contributed by atoms with Gasteiger partial charge in [0, 0.05) is 24.3 Å². The van der Waals surface area contributed by atoms with E-state index < -0.39 is 22.6 Å². The van der Waals surface area contributed by atoms with Crippen LogP contribution in [0.15, 0.2) is 74.6 Å². The summed E-state index contributed by atoms with van der Waals surface area (Å²) in [4.78, 5) is 35.6. The van der Waals surface area contributed by atoms with Gasteiger partial charge in [-0.1, -0.05) is 0 Å². The molecule has 0 saturated carbocycles. The van der Waals surface area contributed by atoms with Gasteiger partial charge in [-0.2, -0.15) is 5.26 Å². The van der Waals surface area contributed by atoms with E-state index in [0.29, 0.717) is 24.3 Å². The topological polar surface area (TPSA) is 178 Å². The second-order valence-corrected chi connectivity index (χ2v) is 7.61. The number of rotatable bonds is 8. The van der Waals surface area contributed by atoms with E-state index in [1.807, 2.05) is 6.07 Å². The van der Waals surface area contributed by atoms with E-state index in [4.69, 9.17) is 20.3 Å². The second kappa shape index (κ2) is 11.4. The number of carbonyl (C=O) groups is 1. The van der Waals surface area contributed by atoms with Crippen LogP contribution in [0.1, 0.15) is 17.0 Å². The van der Waals surface area contributed by atoms with Crippen LogP contribution in [0.4, 0.5) is 11.6 Å². The lowest BCUT2D eigenvalue weighted by Crippen LogP contribution is -2.17. The molecule has 4 rings (SSSR count). The number of terminal acetylenes is 1. The number of nitrogens with zero attached hydrogens (tertiary/aromatic N) is 5. The van der Waals surface area contributed by atoms with Crippen LogP contribution in [0, 0.1) is 33.8 Å². The summed E-state index contributed by atoms with van der Waals surface area (Å²) in [5, 5.41) is 27.0. The maximum atomic E-state index is 12.1. The van der Waals surface area contributed by atoms with E-state index >= 15 is 0 Å². The Morgan fingerprint density at radius 1 is 1.38 bits per heavy atom. The maximum absolute atomic E-state index is 12.1. The lowest BCUT2D eigenvalue weighted by atomic mass is 10.0. The number of aromatic nitrogens is 2. The van der Waals surface area contributed by atoms with Crippen LogP contribution in [-0.2, 0) is 9.47 Å². The monoisotopic (exact) mass is 501 g/mol. The zero-order valence-corrected chi connectivity index (χ0v) is 19.2. The molecule has 186 valence electrons. The van der Waals surface area contributed by atoms with Crippen LogP contribution < -0.4 is 10.6 Å². The molecule has 1 fully saturated rings. The molecule has 0 bridgehead atoms. The van der Waals surface area contributed by atoms with Crippen molar-refractivity contribution in [2.24, 2.45) is 4.99 Å². The summed E-state index contributed by atoms with van der Waals surface area (Å²) in [6, 6.07) is 5.07. The average Bonchev–Trinajstić information content (AvgIpc) is 3.62. The number of nitriles is 1. The van der Waals surface area contributed by atoms with Crippen molar-refractivity contribution in [2.75, 3.05) is 30.4 Å². The average molecular weight is 501 g/mol. The van der Waals surface area contributed by atoms with Crippen molar-refractivity contribution in [3.05, 3.63) is 81.0 Å². The summed E-state index contributed by atoms with van der Waals surface area (Å²) in [5.74, 6) is 1.58. The third-order valence-electron chi connectivity index (χ3n) is 5.13. The first-order valence-corrected chi connectivity index (χ1v) is 10.9. The van der Waals surface area contributed by atoms with Crippen LogP contribution in [0.25, 0.3) is 0 Å². The highest BCUT2D eigenvalue weighted by Gasteiger charge is 2.26. The largest absolute Gasteiger partial charge is 0.474 e. The molecule has 1 unspecified atom stereocenters. The molecule has 2 aliphatic rings. The summed E-state index contributed by atoms with van der Waals surface area (Å²) in [6.07, 6.45) is 12.4. The first-order valence-electron chi connectivity index (χ1n) is 10.9. The summed E-state index contributed by atoms with van der Waals surface area (Å²) >= 11 is 0. The molecule has 0 aliphatic carbocycles. The number of dihydropyridines is 1. The molecule has 2 aromatic rings. The molecule has 2 aliphatic heterocycles. The Labute approximate surface area is 210 Å². The number of amides is 1. The van der Waals surface area contributed by atoms with Crippen LogP contribution in [0.3, 0.4) is 0 Å². The minimum Gasteiger partial charge on any atom is -0.474 e. The standard InChI is InChI=1S/C24H19N7O6/c1-2-20(37-18-5-7-35-14-18)19(31(33)34)8-15-10-26-11-16(9-25)22(15)29-17-12-27-24(28-13-17)30-23(32)21-4-3-6-36-21/h1,3-4,6,8,11-13,18,29H,5,7,10,14H2,(H,27,28,30,32)/b15-8+,20-19-. The predicted molar refractivity (Wildman–Crippen MR) is 130 cm³/mol. The number of furan rings is 1. The highest BCUT2D eigenvalue weighted by atomic mass is 16.6. The third kappa shape index (κ3) is 6.05. The Morgan fingerprint density at radius 2 is 2.19 bits per heavy atom. The lowest BCUT2D eigenvalue weighted by Gasteiger charge is -2.17. The Kier molecular flexibility index (Phi) is 7.68. The van der Waals surface area contributed by atoms with Crippen molar-refractivity contribution in [1.82, 2.24) is 9.97 Å². The number of carbonyl (C=O) groups excluding carboxylic acids is 1. The number of aliphatic imine (C=N–C) groups is 1. The Balaban J connectivity index is 1.59. The Hall–Kier alpha value is -5.27. The normalized spacial score (nSPS) is 18.5. The van der Waals surface area contributed by atoms with Gasteiger partial charge in [-0.25, -0.2) is 9.97 Å². The van der Waals surface area contributed by atoms with E-state index in [2.05, 4.69) is 31.5 Å². The van der Waals surface area contributed by atoms with Gasteiger partial charge < -0.3 is 19.2 Å². The van der Waals surface area contributed by atoms with Crippen molar-refractivity contribution in [1.29, 1.82) is 5.26 Å². The molecule has 0 aromatic carbocycles. The quantitative estimate of drug-likeness (QED) is 0.236. The van der Waals surface area contributed by atoms with E-state index in [9.17, 15) is 20.2 Å². The van der Waals surface area contributed by atoms with E-state index in [-0.39, 0.29) is 41.9 Å². The fraction of sp³-hybridized carbons (Fsp3) is 0.208. The van der Waals surface area contributed by atoms with Gasteiger partial charge in [0.1, 0.15) is 12.2 Å². The number of allylic oxidation sites excluding steroid dienone is 3. The Morgan fingerprint density at radius 3 is 2.81 bits per heavy atom. The summed E-state index contributed by atoms with van der Waals surface area (Å²) < 4.78 is 15.9. The van der Waals surface area contributed by atoms with E-state index in [1.54, 1.807) is 6.07 Å². The molecule has 1 amide bonds. The minimum atomic E-state index is -0.653. The van der Waals surface area contributed by atoms with Crippen LogP contribution in [0.5, 0.6) is 0 Å². The third-order valence-corrected chi connectivity index (χ3v) is 5.13. The zero-order chi connectivity index (χ0) is 26.2. The molecule has 1 saturated heterocycles. The summed E-state index contributed by atoms with van der Waals surface area (Å²) in [6.45, 7) is 0.787. The predicted octanol–water partition coefficient (Wildman–Crippen LogP) is 2.45. The number of nitrogens with one attached hydrogen (secondary N) is 2. The molecule has 2 N–H and O–H groups in total. The van der Waals surface area contributed by atoms with Gasteiger partial charge in [0.2, 0.25) is 11.7 Å². The van der Waals surface area contributed by atoms with E-state index in [1.165, 1.54) is 37.0 Å². The van der Waals surface area contributed by atoms with Crippen LogP contribution in [-0.4, -0.2) is 52.9 Å². The highest BCUT2D eigenvalue weighted by Crippen LogP contribution is 2.25. The van der Waals surface area contributed by atoms with Gasteiger partial charge >= 0.3 is 5.70 Å². The highest BCUT2D eigenvalue weighted by molar-refractivity contribution is 6.01. The summed E-state index contributed by atoms with van der Waals surface area (Å²) in [5.41, 5.74) is 0.601. The van der Waals surface area contributed by atoms with E-state index in [0.717, 1.165) is 0 Å². The summed E-state index contributed by atoms with van der Waals surface area (Å²) in [7, 11) is 0. The van der Waals surface area contributed by atoms with Crippen LogP contribution in [0.2, 0.25) is 0 Å². The van der Waals surface area contributed by atoms with Gasteiger partial charge in [0.05, 0.1) is 60.3 Å². The molecule has 13 nitrogen and oxygen atoms in total. The van der Waals surface area contributed by atoms with Crippen molar-refractivity contribution >= 4 is 23.8 Å². The molecule has 4 heterocycles. The maximum Gasteiger partial charge on any atom is 0.320 e. The first kappa shape index (κ1) is 24.8. The molecular formula is C24H19N7O6. The van der Waals surface area contributed by atoms with Crippen molar-refractivity contribution in [3.8, 4) is 18.4 Å². The molecule has 0 radical (unpaired) electrons. The lowest BCUT2D eigenvalue weighted by molar-refractivity contribution is -0.422. The van der Waals surface area contributed by atoms with Gasteiger partial charge in [0.25, 0.3) is 5.91 Å². The molecule has 1 atom stereocenters. The van der Waals surface area contributed by atoms with Gasteiger partial charge in [-0.3, -0.25) is 25.2 Å². The fourth-order valence-electron chi connectivity index (χ4n) is 3.38.